The second kappa shape index (κ2) is 4.52. The average Bonchev–Trinajstić information content (AvgIpc) is 2.23. The number of aromatic nitrogens is 3. The van der Waals surface area contributed by atoms with Crippen molar-refractivity contribution in [3.05, 3.63) is 41.4 Å². The number of hydrogen-bond acceptors (Lipinski definition) is 4. The number of pyridine rings is 1. The fourth-order valence-corrected chi connectivity index (χ4v) is 1.75. The molecule has 0 fully saturated rings. The molecule has 2 heterocycles. The molecule has 0 unspecified atom stereocenters. The van der Waals surface area contributed by atoms with Crippen LogP contribution in [0.1, 0.15) is 0 Å². The highest BCUT2D eigenvalue weighted by Crippen LogP contribution is 2.23. The zero-order valence-corrected chi connectivity index (χ0v) is 9.49. The minimum Gasteiger partial charge on any atom is -0.265 e. The molecule has 0 spiro atoms. The Hall–Kier alpha value is -0.940. The van der Waals surface area contributed by atoms with Crippen molar-refractivity contribution in [1.29, 1.82) is 0 Å². The fourth-order valence-electron chi connectivity index (χ4n) is 0.865. The van der Waals surface area contributed by atoms with Crippen molar-refractivity contribution in [2.75, 3.05) is 0 Å². The minimum atomic E-state index is 0.736. The largest absolute Gasteiger partial charge is 0.265 e. The molecular formula is C9H6BrN3S. The number of rotatable bonds is 2. The van der Waals surface area contributed by atoms with Gasteiger partial charge in [0.1, 0.15) is 0 Å². The Morgan fingerprint density at radius 1 is 1.07 bits per heavy atom. The summed E-state index contributed by atoms with van der Waals surface area (Å²) in [5.41, 5.74) is 0. The van der Waals surface area contributed by atoms with Gasteiger partial charge in [-0.05, 0) is 39.8 Å². The van der Waals surface area contributed by atoms with Gasteiger partial charge in [-0.3, -0.25) is 4.98 Å². The van der Waals surface area contributed by atoms with Crippen LogP contribution in [0.15, 0.2) is 51.4 Å². The van der Waals surface area contributed by atoms with Crippen LogP contribution >= 0.6 is 27.7 Å². The van der Waals surface area contributed by atoms with Gasteiger partial charge in [0.2, 0.25) is 0 Å². The molecule has 3 nitrogen and oxygen atoms in total. The van der Waals surface area contributed by atoms with Crippen LogP contribution in [0, 0.1) is 0 Å². The Morgan fingerprint density at radius 3 is 2.36 bits per heavy atom. The average molecular weight is 268 g/mol. The van der Waals surface area contributed by atoms with Crippen molar-refractivity contribution < 1.29 is 0 Å². The van der Waals surface area contributed by atoms with Crippen molar-refractivity contribution in [3.8, 4) is 0 Å². The van der Waals surface area contributed by atoms with E-state index in [1.54, 1.807) is 24.8 Å². The number of nitrogens with zero attached hydrogens (tertiary/aromatic N) is 3. The quantitative estimate of drug-likeness (QED) is 0.785. The monoisotopic (exact) mass is 267 g/mol. The molecule has 2 aromatic rings. The molecule has 0 aliphatic rings. The SMILES string of the molecule is Brc1cnc(Sc2ccncc2)nc1. The van der Waals surface area contributed by atoms with Crippen LogP contribution in [0.2, 0.25) is 0 Å². The Kier molecular flexibility index (Phi) is 3.10. The molecule has 0 saturated carbocycles. The maximum Gasteiger partial charge on any atom is 0.192 e. The molecular weight excluding hydrogens is 262 g/mol. The zero-order valence-electron chi connectivity index (χ0n) is 7.09. The van der Waals surface area contributed by atoms with E-state index in [0.717, 1.165) is 14.5 Å². The Bertz CT molecular complexity index is 404. The standard InChI is InChI=1S/C9H6BrN3S/c10-7-5-12-9(13-6-7)14-8-1-3-11-4-2-8/h1-6H. The molecule has 14 heavy (non-hydrogen) atoms. The lowest BCUT2D eigenvalue weighted by molar-refractivity contribution is 0.958. The molecule has 0 aliphatic heterocycles. The second-order valence-electron chi connectivity index (χ2n) is 2.47. The summed E-state index contributed by atoms with van der Waals surface area (Å²) in [6.07, 6.45) is 6.97. The van der Waals surface area contributed by atoms with Crippen molar-refractivity contribution in [2.45, 2.75) is 10.1 Å². The van der Waals surface area contributed by atoms with E-state index in [-0.39, 0.29) is 0 Å². The van der Waals surface area contributed by atoms with E-state index in [0.29, 0.717) is 0 Å². The topological polar surface area (TPSA) is 38.7 Å². The second-order valence-corrected chi connectivity index (χ2v) is 4.43. The van der Waals surface area contributed by atoms with Crippen LogP contribution in [-0.2, 0) is 0 Å². The first kappa shape index (κ1) is 9.61. The van der Waals surface area contributed by atoms with E-state index < -0.39 is 0 Å². The molecule has 0 bridgehead atoms. The van der Waals surface area contributed by atoms with Gasteiger partial charge in [-0.25, -0.2) is 9.97 Å². The Labute approximate surface area is 94.1 Å². The Balaban J connectivity index is 2.16. The van der Waals surface area contributed by atoms with Crippen LogP contribution in [0.25, 0.3) is 0 Å². The van der Waals surface area contributed by atoms with Crippen LogP contribution < -0.4 is 0 Å². The summed E-state index contributed by atoms with van der Waals surface area (Å²) in [5, 5.41) is 0.736. The molecule has 0 aromatic carbocycles. The van der Waals surface area contributed by atoms with Gasteiger partial charge in [0.15, 0.2) is 5.16 Å². The minimum absolute atomic E-state index is 0.736. The van der Waals surface area contributed by atoms with Gasteiger partial charge in [-0.15, -0.1) is 0 Å². The summed E-state index contributed by atoms with van der Waals surface area (Å²) in [6.45, 7) is 0. The van der Waals surface area contributed by atoms with Crippen molar-refractivity contribution in [1.82, 2.24) is 15.0 Å². The molecule has 5 heteroatoms. The molecule has 0 radical (unpaired) electrons. The van der Waals surface area contributed by atoms with E-state index in [4.69, 9.17) is 0 Å². The molecule has 70 valence electrons. The lowest BCUT2D eigenvalue weighted by atomic mass is 10.5. The predicted octanol–water partition coefficient (Wildman–Crippen LogP) is 2.79. The third-order valence-electron chi connectivity index (χ3n) is 1.46. The highest BCUT2D eigenvalue weighted by atomic mass is 79.9. The fraction of sp³-hybridized carbons (Fsp3) is 0. The summed E-state index contributed by atoms with van der Waals surface area (Å²) in [7, 11) is 0. The highest BCUT2D eigenvalue weighted by molar-refractivity contribution is 9.10. The van der Waals surface area contributed by atoms with Gasteiger partial charge in [-0.2, -0.15) is 0 Å². The van der Waals surface area contributed by atoms with Crippen LogP contribution in [0.5, 0.6) is 0 Å². The Morgan fingerprint density at radius 2 is 1.71 bits per heavy atom. The molecule has 0 aliphatic carbocycles. The first-order valence-electron chi connectivity index (χ1n) is 3.90. The summed E-state index contributed by atoms with van der Waals surface area (Å²) in [4.78, 5) is 13.3. The maximum absolute atomic E-state index is 4.16. The predicted molar refractivity (Wildman–Crippen MR) is 58.1 cm³/mol. The van der Waals surface area contributed by atoms with Crippen molar-refractivity contribution >= 4 is 27.7 Å². The maximum atomic E-state index is 4.16. The third-order valence-corrected chi connectivity index (χ3v) is 2.77. The summed E-state index contributed by atoms with van der Waals surface area (Å²) in [6, 6.07) is 3.85. The summed E-state index contributed by atoms with van der Waals surface area (Å²) >= 11 is 4.80. The first-order chi connectivity index (χ1) is 6.84. The third kappa shape index (κ3) is 2.52. The summed E-state index contributed by atoms with van der Waals surface area (Å²) < 4.78 is 0.886. The van der Waals surface area contributed by atoms with Gasteiger partial charge in [0.25, 0.3) is 0 Å². The molecule has 0 saturated heterocycles. The molecule has 0 amide bonds. The van der Waals surface area contributed by atoms with Crippen LogP contribution in [0.4, 0.5) is 0 Å². The molecule has 2 rings (SSSR count). The number of halogens is 1. The van der Waals surface area contributed by atoms with Crippen molar-refractivity contribution in [3.63, 3.8) is 0 Å². The summed E-state index contributed by atoms with van der Waals surface area (Å²) in [5.74, 6) is 0. The molecule has 0 N–H and O–H groups in total. The van der Waals surface area contributed by atoms with Crippen LogP contribution in [-0.4, -0.2) is 15.0 Å². The number of hydrogen-bond donors (Lipinski definition) is 0. The van der Waals surface area contributed by atoms with Gasteiger partial charge in [0.05, 0.1) is 4.47 Å². The van der Waals surface area contributed by atoms with E-state index in [1.165, 1.54) is 11.8 Å². The van der Waals surface area contributed by atoms with Gasteiger partial charge in [-0.1, -0.05) is 0 Å². The first-order valence-corrected chi connectivity index (χ1v) is 5.51. The van der Waals surface area contributed by atoms with E-state index in [1.807, 2.05) is 12.1 Å². The van der Waals surface area contributed by atoms with Crippen LogP contribution in [0.3, 0.4) is 0 Å². The van der Waals surface area contributed by atoms with Gasteiger partial charge >= 0.3 is 0 Å². The normalized spacial score (nSPS) is 10.1. The van der Waals surface area contributed by atoms with E-state index >= 15 is 0 Å². The molecule has 0 atom stereocenters. The van der Waals surface area contributed by atoms with Gasteiger partial charge < -0.3 is 0 Å². The van der Waals surface area contributed by atoms with E-state index in [2.05, 4.69) is 30.9 Å². The van der Waals surface area contributed by atoms with Crippen molar-refractivity contribution in [2.24, 2.45) is 0 Å². The lowest BCUT2D eigenvalue weighted by Gasteiger charge is -1.98. The lowest BCUT2D eigenvalue weighted by Crippen LogP contribution is -1.84. The van der Waals surface area contributed by atoms with Gasteiger partial charge in [0, 0.05) is 29.7 Å². The highest BCUT2D eigenvalue weighted by Gasteiger charge is 1.98. The smallest absolute Gasteiger partial charge is 0.192 e. The molecule has 2 aromatic heterocycles. The van der Waals surface area contributed by atoms with E-state index in [9.17, 15) is 0 Å². The zero-order chi connectivity index (χ0) is 9.80.